The third-order valence-corrected chi connectivity index (χ3v) is 14.9. The molecule has 23 aliphatic rings. The second-order valence-corrected chi connectivity index (χ2v) is 19.8. The van der Waals surface area contributed by atoms with E-state index < -0.39 is 261 Å². The summed E-state index contributed by atoms with van der Waals surface area (Å²) < 4.78 is 79.6. The highest BCUT2D eigenvalue weighted by Gasteiger charge is 2.62. The molecule has 35 atom stereocenters. The molecule has 22 N–H and O–H groups in total. The van der Waals surface area contributed by atoms with Crippen molar-refractivity contribution < 1.29 is 179 Å². The molecule has 12 bridgehead atoms. The predicted octanol–water partition coefficient (Wildman–Crippen LogP) is -15.9. The van der Waals surface area contributed by atoms with Crippen molar-refractivity contribution in [1.29, 1.82) is 0 Å². The summed E-state index contributed by atoms with van der Waals surface area (Å²) in [6, 6.07) is 0. The average Bonchev–Trinajstić information content (AvgIpc) is 3.48. The number of ether oxygens (including phenoxy) is 14. The lowest BCUT2D eigenvalue weighted by Gasteiger charge is -2.52. The number of aliphatic hydroxyl groups excluding tert-OH is 21. The normalized spacial score (nSPS) is 55.6. The summed E-state index contributed by atoms with van der Waals surface area (Å²) in [5, 5.41) is 242. The van der Waals surface area contributed by atoms with Crippen LogP contribution in [0.15, 0.2) is 0 Å². The average molecular weight is 1150 g/mol. The van der Waals surface area contributed by atoms with Crippen molar-refractivity contribution >= 4 is 0 Å². The van der Waals surface area contributed by atoms with Gasteiger partial charge in [0.15, 0.2) is 43.8 Å². The molecule has 23 aliphatic heterocycles. The summed E-state index contributed by atoms with van der Waals surface area (Å²) in [5.41, 5.74) is 0. The van der Waals surface area contributed by atoms with Crippen molar-refractivity contribution in [1.82, 2.24) is 0 Å². The summed E-state index contributed by atoms with van der Waals surface area (Å²) in [5.74, 6) is -3.57. The minimum absolute atomic E-state index is 1.04. The molecule has 0 aliphatic carbocycles. The van der Waals surface area contributed by atoms with Crippen molar-refractivity contribution in [3.05, 3.63) is 0 Å². The molecular weight excluding hydrogens is 1080 g/mol. The van der Waals surface area contributed by atoms with E-state index in [1.807, 2.05) is 0 Å². The van der Waals surface area contributed by atoms with Crippen LogP contribution >= 0.6 is 0 Å². The van der Waals surface area contributed by atoms with Gasteiger partial charge < -0.3 is 179 Å². The molecule has 23 heterocycles. The molecular formula is C42H70O36. The van der Waals surface area contributed by atoms with Crippen LogP contribution < -0.4 is 0 Å². The summed E-state index contributed by atoms with van der Waals surface area (Å²) in [6.07, 6.45) is -72.3. The molecule has 36 nitrogen and oxygen atoms in total. The number of aliphatic hydroxyl groups is 22. The Bertz CT molecular complexity index is 1870. The second-order valence-electron chi connectivity index (χ2n) is 19.8. The third kappa shape index (κ3) is 11.8. The lowest BCUT2D eigenvalue weighted by Crippen LogP contribution is -2.71. The number of hydrogen-bond donors (Lipinski definition) is 22. The van der Waals surface area contributed by atoms with Crippen LogP contribution in [-0.2, 0) is 66.3 Å². The van der Waals surface area contributed by atoms with E-state index in [1.165, 1.54) is 0 Å². The fourth-order valence-corrected chi connectivity index (χ4v) is 10.5. The van der Waals surface area contributed by atoms with E-state index in [0.29, 0.717) is 0 Å². The van der Waals surface area contributed by atoms with E-state index >= 15 is 0 Å². The maximum atomic E-state index is 12.0. The Morgan fingerprint density at radius 3 is 0.744 bits per heavy atom. The fraction of sp³-hybridized carbons (Fsp3) is 1.00. The first-order chi connectivity index (χ1) is 37.0. The maximum absolute atomic E-state index is 12.0. The van der Waals surface area contributed by atoms with Crippen LogP contribution in [0.2, 0.25) is 0 Å². The molecule has 0 unspecified atom stereocenters. The highest BCUT2D eigenvalue weighted by molar-refractivity contribution is 5.02. The Balaban J connectivity index is 1.15. The van der Waals surface area contributed by atoms with Crippen LogP contribution in [-0.4, -0.2) is 373 Å². The van der Waals surface area contributed by atoms with E-state index in [1.54, 1.807) is 0 Å². The Labute approximate surface area is 439 Å². The molecule has 23 fully saturated rings. The van der Waals surface area contributed by atoms with Crippen molar-refractivity contribution in [2.45, 2.75) is 215 Å². The van der Waals surface area contributed by atoms with E-state index in [-0.39, 0.29) is 0 Å². The first-order valence-corrected chi connectivity index (χ1v) is 24.7. The molecule has 454 valence electrons. The van der Waals surface area contributed by atoms with Gasteiger partial charge in [-0.15, -0.1) is 0 Å². The summed E-state index contributed by atoms with van der Waals surface area (Å²) >= 11 is 0. The molecule has 36 heteroatoms. The monoisotopic (exact) mass is 1150 g/mol. The van der Waals surface area contributed by atoms with Crippen LogP contribution in [0, 0.1) is 0 Å². The van der Waals surface area contributed by atoms with Crippen LogP contribution in [0.25, 0.3) is 0 Å². The van der Waals surface area contributed by atoms with Gasteiger partial charge in [-0.3, -0.25) is 0 Å². The van der Waals surface area contributed by atoms with Crippen LogP contribution in [0.1, 0.15) is 0 Å². The molecule has 0 aromatic heterocycles. The van der Waals surface area contributed by atoms with E-state index in [2.05, 4.69) is 0 Å². The Kier molecular flexibility index (Phi) is 20.7. The molecule has 23 rings (SSSR count). The smallest absolute Gasteiger partial charge is 0.311 e. The zero-order valence-corrected chi connectivity index (χ0v) is 40.6. The zero-order valence-electron chi connectivity index (χ0n) is 40.6. The highest BCUT2D eigenvalue weighted by atomic mass is 16.9. The topological polar surface area (TPSA) is 574 Å². The lowest BCUT2D eigenvalue weighted by molar-refractivity contribution is -0.480. The van der Waals surface area contributed by atoms with Crippen molar-refractivity contribution in [3.8, 4) is 0 Å². The molecule has 78 heavy (non-hydrogen) atoms. The summed E-state index contributed by atoms with van der Waals surface area (Å²) in [4.78, 5) is 0. The van der Waals surface area contributed by atoms with Gasteiger partial charge in [0.1, 0.15) is 165 Å². The molecule has 0 saturated carbocycles. The molecule has 0 radical (unpaired) electrons. The fourth-order valence-electron chi connectivity index (χ4n) is 10.5. The van der Waals surface area contributed by atoms with E-state index in [9.17, 15) is 112 Å². The second kappa shape index (κ2) is 25.8. The SMILES string of the molecule is OC[C@H]1O[C@](O)(O[C@@H]2[C@@H](O)[C@H]3O[C@H]4[C@H](O)[C@@H](O)[C@@H](O[C@H]5[C@H](O)[C@@H](O)[C@@H](O[C@H]6[C@H](O)[C@@H](O)[C@@H](O[C@H]7[C@H](O)[C@@H](O)[C@@H](O[C@H]8[C@H](O)[C@@H](O)[C@@H](O[C@H]2[C@@H](CO)O3)O[C@@H]8CO)O[C@@H]7CO)O[C@@H]6CO)O[C@@H]5CO)O[C@@H]4CO)[C@H](O)[C@@H](O)[C@@H]1O. The van der Waals surface area contributed by atoms with Gasteiger partial charge in [-0.25, -0.2) is 0 Å². The third-order valence-electron chi connectivity index (χ3n) is 14.9. The number of rotatable bonds is 9. The Hall–Kier alpha value is -1.44. The molecule has 0 aromatic rings. The Morgan fingerprint density at radius 2 is 0.487 bits per heavy atom. The standard InChI is InChI=1S/C42H70O36/c43-1-8-15(50)21(56)35(63)42(64,77-8)78-34-27(62)41-70-14(7-49)33(34)76-40-26(61)20(55)31(12(5-47)69-40)74-38-24(59)18(53)29(10(3-45)67-38)72-36-22(57)16(51)28(9(2-44)65-36)71-37-23(58)17(52)30(11(4-46)66-37)73-39-25(60)19(54)32(75-41)13(6-48)68-39/h8-41,43-64H,1-7H2/t8-,9-,10-,11-,12-,13-,14-,15-,16-,17-,18-,19-,20-,21+,22-,23-,24-,25-,26-,27-,28-,29-,30-,31-,32-,33+,34-,35-,36-,37-,38-,39-,40-,41-,42+/m1/s1. The van der Waals surface area contributed by atoms with Gasteiger partial charge in [-0.2, -0.15) is 0 Å². The van der Waals surface area contributed by atoms with Gasteiger partial charge >= 0.3 is 5.97 Å². The molecule has 0 spiro atoms. The van der Waals surface area contributed by atoms with E-state index in [0.717, 1.165) is 0 Å². The summed E-state index contributed by atoms with van der Waals surface area (Å²) in [6.45, 7) is -7.83. The van der Waals surface area contributed by atoms with Gasteiger partial charge in [0, 0.05) is 0 Å². The van der Waals surface area contributed by atoms with Gasteiger partial charge in [0.05, 0.1) is 46.2 Å². The largest absolute Gasteiger partial charge is 0.394 e. The van der Waals surface area contributed by atoms with Crippen molar-refractivity contribution in [2.75, 3.05) is 46.2 Å². The zero-order chi connectivity index (χ0) is 57.0. The predicted molar refractivity (Wildman–Crippen MR) is 230 cm³/mol. The van der Waals surface area contributed by atoms with Gasteiger partial charge in [-0.05, 0) is 0 Å². The summed E-state index contributed by atoms with van der Waals surface area (Å²) in [7, 11) is 0. The first kappa shape index (κ1) is 62.6. The minimum atomic E-state index is -3.57. The molecule has 0 amide bonds. The van der Waals surface area contributed by atoms with Crippen molar-refractivity contribution in [2.24, 2.45) is 0 Å². The van der Waals surface area contributed by atoms with Crippen molar-refractivity contribution in [3.63, 3.8) is 0 Å². The maximum Gasteiger partial charge on any atom is 0.311 e. The quantitative estimate of drug-likeness (QED) is 0.0953. The minimum Gasteiger partial charge on any atom is -0.394 e. The van der Waals surface area contributed by atoms with Crippen LogP contribution in [0.4, 0.5) is 0 Å². The first-order valence-electron chi connectivity index (χ1n) is 24.7. The van der Waals surface area contributed by atoms with Gasteiger partial charge in [0.2, 0.25) is 0 Å². The lowest BCUT2D eigenvalue weighted by atomic mass is 9.94. The van der Waals surface area contributed by atoms with Crippen LogP contribution in [0.5, 0.6) is 0 Å². The number of hydrogen-bond acceptors (Lipinski definition) is 36. The van der Waals surface area contributed by atoms with Gasteiger partial charge in [0.25, 0.3) is 0 Å². The van der Waals surface area contributed by atoms with Gasteiger partial charge in [-0.1, -0.05) is 0 Å². The van der Waals surface area contributed by atoms with Crippen LogP contribution in [0.3, 0.4) is 0 Å². The molecule has 0 aromatic carbocycles. The molecule has 23 saturated heterocycles. The Morgan fingerprint density at radius 1 is 0.256 bits per heavy atom. The van der Waals surface area contributed by atoms with E-state index in [4.69, 9.17) is 66.3 Å². The highest BCUT2D eigenvalue weighted by Crippen LogP contribution is 2.41.